The molecule has 0 spiro atoms. The zero-order chi connectivity index (χ0) is 16.8. The second-order valence-electron chi connectivity index (χ2n) is 5.38. The molecule has 1 heterocycles. The van der Waals surface area contributed by atoms with E-state index in [0.717, 1.165) is 13.0 Å². The Balaban J connectivity index is 1.92. The van der Waals surface area contributed by atoms with Crippen LogP contribution in [0.5, 0.6) is 0 Å². The van der Waals surface area contributed by atoms with Gasteiger partial charge in [0.15, 0.2) is 0 Å². The number of hydrogen-bond donors (Lipinski definition) is 1. The van der Waals surface area contributed by atoms with Crippen LogP contribution in [0.25, 0.3) is 0 Å². The summed E-state index contributed by atoms with van der Waals surface area (Å²) in [4.78, 5) is 18.4. The van der Waals surface area contributed by atoms with Crippen molar-refractivity contribution in [1.82, 2.24) is 9.88 Å². The van der Waals surface area contributed by atoms with Crippen molar-refractivity contribution in [1.29, 1.82) is 0 Å². The van der Waals surface area contributed by atoms with E-state index in [2.05, 4.69) is 10.3 Å². The Bertz CT molecular complexity index is 664. The van der Waals surface area contributed by atoms with Crippen molar-refractivity contribution in [2.24, 2.45) is 0 Å². The fraction of sp³-hybridized carbons (Fsp3) is 0.294. The maximum absolute atomic E-state index is 12.4. The van der Waals surface area contributed by atoms with Gasteiger partial charge in [0.1, 0.15) is 0 Å². The molecule has 23 heavy (non-hydrogen) atoms. The maximum Gasteiger partial charge on any atom is 0.241 e. The average molecular weight is 352 g/mol. The zero-order valence-electron chi connectivity index (χ0n) is 13.1. The molecule has 1 aromatic heterocycles. The van der Waals surface area contributed by atoms with Crippen LogP contribution in [-0.2, 0) is 11.2 Å². The van der Waals surface area contributed by atoms with Crippen LogP contribution >= 0.6 is 23.2 Å². The van der Waals surface area contributed by atoms with Crippen molar-refractivity contribution < 1.29 is 4.79 Å². The fourth-order valence-electron chi connectivity index (χ4n) is 2.08. The van der Waals surface area contributed by atoms with Crippen LogP contribution in [0.3, 0.4) is 0 Å². The number of amides is 1. The highest BCUT2D eigenvalue weighted by Crippen LogP contribution is 2.25. The van der Waals surface area contributed by atoms with Crippen LogP contribution in [0.15, 0.2) is 42.7 Å². The Morgan fingerprint density at radius 3 is 2.65 bits per heavy atom. The average Bonchev–Trinajstić information content (AvgIpc) is 2.56. The second kappa shape index (κ2) is 8.29. The third-order valence-corrected chi connectivity index (χ3v) is 4.29. The van der Waals surface area contributed by atoms with Crippen molar-refractivity contribution in [3.05, 3.63) is 58.3 Å². The maximum atomic E-state index is 12.4. The van der Waals surface area contributed by atoms with E-state index in [9.17, 15) is 4.79 Å². The Hall–Kier alpha value is -1.62. The minimum absolute atomic E-state index is 0.119. The van der Waals surface area contributed by atoms with E-state index in [-0.39, 0.29) is 11.9 Å². The fourth-order valence-corrected chi connectivity index (χ4v) is 2.42. The SMILES string of the molecule is C[C@H](C(=O)Nc1cc(Cl)ccc1Cl)N(C)CCc1ccncc1. The largest absolute Gasteiger partial charge is 0.323 e. The molecule has 2 rings (SSSR count). The molecule has 122 valence electrons. The minimum atomic E-state index is -0.285. The Morgan fingerprint density at radius 2 is 1.96 bits per heavy atom. The first kappa shape index (κ1) is 17.7. The van der Waals surface area contributed by atoms with Gasteiger partial charge >= 0.3 is 0 Å². The number of rotatable bonds is 6. The Kier molecular flexibility index (Phi) is 6.39. The van der Waals surface area contributed by atoms with Crippen molar-refractivity contribution in [3.63, 3.8) is 0 Å². The van der Waals surface area contributed by atoms with Crippen molar-refractivity contribution in [3.8, 4) is 0 Å². The number of pyridine rings is 1. The molecule has 0 aliphatic rings. The number of hydrogen-bond acceptors (Lipinski definition) is 3. The number of likely N-dealkylation sites (N-methyl/N-ethyl adjacent to an activating group) is 1. The molecular weight excluding hydrogens is 333 g/mol. The van der Waals surface area contributed by atoms with Gasteiger partial charge in [0.25, 0.3) is 0 Å². The summed E-state index contributed by atoms with van der Waals surface area (Å²) in [5.74, 6) is -0.119. The molecule has 1 amide bonds. The normalized spacial score (nSPS) is 12.2. The van der Waals surface area contributed by atoms with Gasteiger partial charge in [-0.3, -0.25) is 14.7 Å². The van der Waals surface area contributed by atoms with E-state index in [1.54, 1.807) is 30.6 Å². The lowest BCUT2D eigenvalue weighted by molar-refractivity contribution is -0.120. The number of carbonyl (C=O) groups is 1. The van der Waals surface area contributed by atoms with E-state index in [0.29, 0.717) is 15.7 Å². The van der Waals surface area contributed by atoms with Crippen LogP contribution in [-0.4, -0.2) is 35.4 Å². The molecule has 1 aromatic carbocycles. The molecule has 0 aliphatic carbocycles. The first-order valence-corrected chi connectivity index (χ1v) is 8.08. The smallest absolute Gasteiger partial charge is 0.241 e. The van der Waals surface area contributed by atoms with Gasteiger partial charge in [-0.05, 0) is 56.3 Å². The van der Waals surface area contributed by atoms with Gasteiger partial charge in [0.2, 0.25) is 5.91 Å². The van der Waals surface area contributed by atoms with Crippen LogP contribution in [0, 0.1) is 0 Å². The lowest BCUT2D eigenvalue weighted by Crippen LogP contribution is -2.40. The molecule has 4 nitrogen and oxygen atoms in total. The molecule has 0 saturated carbocycles. The second-order valence-corrected chi connectivity index (χ2v) is 6.22. The molecule has 0 bridgehead atoms. The molecular formula is C17H19Cl2N3O. The number of carbonyl (C=O) groups excluding carboxylic acids is 1. The highest BCUT2D eigenvalue weighted by Gasteiger charge is 2.18. The molecule has 0 radical (unpaired) electrons. The van der Waals surface area contributed by atoms with Crippen molar-refractivity contribution >= 4 is 34.8 Å². The third-order valence-electron chi connectivity index (χ3n) is 3.73. The highest BCUT2D eigenvalue weighted by atomic mass is 35.5. The number of aromatic nitrogens is 1. The van der Waals surface area contributed by atoms with Gasteiger partial charge < -0.3 is 5.32 Å². The van der Waals surface area contributed by atoms with Crippen LogP contribution < -0.4 is 5.32 Å². The predicted octanol–water partition coefficient (Wildman–Crippen LogP) is 3.89. The monoisotopic (exact) mass is 351 g/mol. The van der Waals surface area contributed by atoms with Gasteiger partial charge in [-0.15, -0.1) is 0 Å². The van der Waals surface area contributed by atoms with E-state index in [4.69, 9.17) is 23.2 Å². The standard InChI is InChI=1S/C17H19Cl2N3O/c1-12(22(2)10-7-13-5-8-20-9-6-13)17(23)21-16-11-14(18)3-4-15(16)19/h3-6,8-9,11-12H,7,10H2,1-2H3,(H,21,23)/t12-/m1/s1. The Labute approximate surface area is 146 Å². The lowest BCUT2D eigenvalue weighted by atomic mass is 10.1. The molecule has 2 aromatic rings. The topological polar surface area (TPSA) is 45.2 Å². The van der Waals surface area contributed by atoms with Gasteiger partial charge in [-0.2, -0.15) is 0 Å². The zero-order valence-corrected chi connectivity index (χ0v) is 14.6. The third kappa shape index (κ3) is 5.20. The van der Waals surface area contributed by atoms with Gasteiger partial charge in [-0.25, -0.2) is 0 Å². The quantitative estimate of drug-likeness (QED) is 0.858. The van der Waals surface area contributed by atoms with Crippen LogP contribution in [0.1, 0.15) is 12.5 Å². The molecule has 0 fully saturated rings. The van der Waals surface area contributed by atoms with Crippen LogP contribution in [0.2, 0.25) is 10.0 Å². The van der Waals surface area contributed by atoms with Crippen LogP contribution in [0.4, 0.5) is 5.69 Å². The summed E-state index contributed by atoms with van der Waals surface area (Å²) < 4.78 is 0. The summed E-state index contributed by atoms with van der Waals surface area (Å²) in [7, 11) is 1.92. The van der Waals surface area contributed by atoms with E-state index in [1.165, 1.54) is 5.56 Å². The number of benzene rings is 1. The summed E-state index contributed by atoms with van der Waals surface area (Å²) >= 11 is 12.0. The summed E-state index contributed by atoms with van der Waals surface area (Å²) in [6.07, 6.45) is 4.40. The first-order valence-electron chi connectivity index (χ1n) is 7.32. The number of halogens is 2. The minimum Gasteiger partial charge on any atom is -0.323 e. The highest BCUT2D eigenvalue weighted by molar-refractivity contribution is 6.35. The number of nitrogens with zero attached hydrogens (tertiary/aromatic N) is 2. The van der Waals surface area contributed by atoms with E-state index in [1.807, 2.05) is 31.0 Å². The summed E-state index contributed by atoms with van der Waals surface area (Å²) in [6, 6.07) is 8.66. The van der Waals surface area contributed by atoms with Gasteiger partial charge in [0, 0.05) is 24.0 Å². The van der Waals surface area contributed by atoms with Gasteiger partial charge in [0.05, 0.1) is 16.8 Å². The summed E-state index contributed by atoms with van der Waals surface area (Å²) in [5, 5.41) is 3.82. The predicted molar refractivity (Wildman–Crippen MR) is 95.1 cm³/mol. The van der Waals surface area contributed by atoms with E-state index >= 15 is 0 Å². The lowest BCUT2D eigenvalue weighted by Gasteiger charge is -2.24. The number of nitrogens with one attached hydrogen (secondary N) is 1. The summed E-state index contributed by atoms with van der Waals surface area (Å²) in [6.45, 7) is 2.63. The molecule has 0 unspecified atom stereocenters. The number of anilines is 1. The molecule has 1 N–H and O–H groups in total. The van der Waals surface area contributed by atoms with Crippen molar-refractivity contribution in [2.75, 3.05) is 18.9 Å². The molecule has 0 saturated heterocycles. The molecule has 6 heteroatoms. The first-order chi connectivity index (χ1) is 11.0. The van der Waals surface area contributed by atoms with Crippen molar-refractivity contribution in [2.45, 2.75) is 19.4 Å². The molecule has 0 aliphatic heterocycles. The molecule has 1 atom stereocenters. The Morgan fingerprint density at radius 1 is 1.26 bits per heavy atom. The summed E-state index contributed by atoms with van der Waals surface area (Å²) in [5.41, 5.74) is 1.72. The van der Waals surface area contributed by atoms with Gasteiger partial charge in [-0.1, -0.05) is 23.2 Å². The van der Waals surface area contributed by atoms with E-state index < -0.39 is 0 Å².